The summed E-state index contributed by atoms with van der Waals surface area (Å²) in [7, 11) is 0. The second-order valence-corrected chi connectivity index (χ2v) is 6.39. The Balaban J connectivity index is 2.64. The summed E-state index contributed by atoms with van der Waals surface area (Å²) in [5.74, 6) is 1.15. The van der Waals surface area contributed by atoms with Crippen LogP contribution in [0.1, 0.15) is 42.5 Å². The summed E-state index contributed by atoms with van der Waals surface area (Å²) in [5, 5.41) is 0. The summed E-state index contributed by atoms with van der Waals surface area (Å²) in [6.45, 7) is 11.0. The summed E-state index contributed by atoms with van der Waals surface area (Å²) in [6.07, 6.45) is 4.41. The SMILES string of the molecule is CSc1c(C)c(C)c2c(c1C)CCC(C)(C)O2. The van der Waals surface area contributed by atoms with E-state index in [0.717, 1.165) is 18.6 Å². The number of rotatable bonds is 1. The predicted octanol–water partition coefficient (Wildman–Crippen LogP) is 4.44. The number of benzene rings is 1. The van der Waals surface area contributed by atoms with Gasteiger partial charge in [0, 0.05) is 4.90 Å². The third kappa shape index (κ3) is 2.08. The van der Waals surface area contributed by atoms with Crippen molar-refractivity contribution >= 4 is 11.8 Å². The van der Waals surface area contributed by atoms with Crippen LogP contribution in [0, 0.1) is 20.8 Å². The third-order valence-corrected chi connectivity index (χ3v) is 4.89. The molecular weight excluding hydrogens is 228 g/mol. The first-order valence-electron chi connectivity index (χ1n) is 6.23. The normalized spacial score (nSPS) is 17.5. The maximum absolute atomic E-state index is 6.20. The Morgan fingerprint density at radius 1 is 1.06 bits per heavy atom. The van der Waals surface area contributed by atoms with E-state index in [0.29, 0.717) is 0 Å². The summed E-state index contributed by atoms with van der Waals surface area (Å²) in [6, 6.07) is 0. The first-order valence-corrected chi connectivity index (χ1v) is 7.45. The van der Waals surface area contributed by atoms with Crippen molar-refractivity contribution in [3.05, 3.63) is 22.3 Å². The van der Waals surface area contributed by atoms with Crippen LogP contribution in [0.15, 0.2) is 4.90 Å². The van der Waals surface area contributed by atoms with Crippen molar-refractivity contribution in [1.29, 1.82) is 0 Å². The highest BCUT2D eigenvalue weighted by molar-refractivity contribution is 7.98. The van der Waals surface area contributed by atoms with Gasteiger partial charge in [-0.25, -0.2) is 0 Å². The van der Waals surface area contributed by atoms with Crippen LogP contribution in [0.25, 0.3) is 0 Å². The highest BCUT2D eigenvalue weighted by atomic mass is 32.2. The fourth-order valence-corrected chi connectivity index (χ4v) is 3.54. The van der Waals surface area contributed by atoms with Crippen LogP contribution in [0.5, 0.6) is 5.75 Å². The minimum atomic E-state index is -0.0164. The van der Waals surface area contributed by atoms with Crippen LogP contribution in [-0.4, -0.2) is 11.9 Å². The second-order valence-electron chi connectivity index (χ2n) is 5.58. The highest BCUT2D eigenvalue weighted by Crippen LogP contribution is 2.42. The molecule has 1 heterocycles. The van der Waals surface area contributed by atoms with Crippen LogP contribution < -0.4 is 4.74 Å². The number of hydrogen-bond donors (Lipinski definition) is 0. The van der Waals surface area contributed by atoms with Gasteiger partial charge in [0.15, 0.2) is 0 Å². The molecule has 0 bridgehead atoms. The molecule has 0 spiro atoms. The molecule has 0 atom stereocenters. The first-order chi connectivity index (χ1) is 7.87. The Hall–Kier alpha value is -0.630. The zero-order valence-electron chi connectivity index (χ0n) is 11.7. The van der Waals surface area contributed by atoms with Gasteiger partial charge in [-0.05, 0) is 76.0 Å². The monoisotopic (exact) mass is 250 g/mol. The molecule has 1 aromatic rings. The van der Waals surface area contributed by atoms with Gasteiger partial charge < -0.3 is 4.74 Å². The maximum Gasteiger partial charge on any atom is 0.126 e. The number of thioether (sulfide) groups is 1. The Labute approximate surface area is 109 Å². The Bertz CT molecular complexity index is 461. The largest absolute Gasteiger partial charge is 0.487 e. The van der Waals surface area contributed by atoms with E-state index in [1.807, 2.05) is 11.8 Å². The Morgan fingerprint density at radius 3 is 2.29 bits per heavy atom. The van der Waals surface area contributed by atoms with Crippen LogP contribution in [0.2, 0.25) is 0 Å². The molecule has 0 aromatic heterocycles. The van der Waals surface area contributed by atoms with Crippen molar-refractivity contribution in [3.63, 3.8) is 0 Å². The topological polar surface area (TPSA) is 9.23 Å². The van der Waals surface area contributed by atoms with Crippen molar-refractivity contribution in [1.82, 2.24) is 0 Å². The minimum absolute atomic E-state index is 0.0164. The molecule has 0 unspecified atom stereocenters. The molecular formula is C15H22OS. The van der Waals surface area contributed by atoms with Gasteiger partial charge in [-0.2, -0.15) is 0 Å². The van der Waals surface area contributed by atoms with Crippen molar-refractivity contribution in [2.45, 2.75) is 58.0 Å². The predicted molar refractivity (Wildman–Crippen MR) is 75.5 cm³/mol. The smallest absolute Gasteiger partial charge is 0.126 e. The lowest BCUT2D eigenvalue weighted by Gasteiger charge is -2.35. The summed E-state index contributed by atoms with van der Waals surface area (Å²) in [5.41, 5.74) is 5.54. The molecule has 0 fully saturated rings. The second kappa shape index (κ2) is 4.24. The minimum Gasteiger partial charge on any atom is -0.487 e. The molecule has 94 valence electrons. The molecule has 0 saturated carbocycles. The van der Waals surface area contributed by atoms with Gasteiger partial charge in [0.05, 0.1) is 0 Å². The number of ether oxygens (including phenoxy) is 1. The molecule has 1 aliphatic rings. The molecule has 1 nitrogen and oxygen atoms in total. The van der Waals surface area contributed by atoms with Crippen LogP contribution >= 0.6 is 11.8 Å². The number of fused-ring (bicyclic) bond motifs is 1. The van der Waals surface area contributed by atoms with E-state index < -0.39 is 0 Å². The van der Waals surface area contributed by atoms with Gasteiger partial charge in [-0.3, -0.25) is 0 Å². The maximum atomic E-state index is 6.20. The molecule has 17 heavy (non-hydrogen) atoms. The molecule has 0 amide bonds. The van der Waals surface area contributed by atoms with Gasteiger partial charge in [-0.1, -0.05) is 0 Å². The Morgan fingerprint density at radius 2 is 1.71 bits per heavy atom. The summed E-state index contributed by atoms with van der Waals surface area (Å²) in [4.78, 5) is 1.43. The number of hydrogen-bond acceptors (Lipinski definition) is 2. The molecule has 0 N–H and O–H groups in total. The van der Waals surface area contributed by atoms with Gasteiger partial charge in [-0.15, -0.1) is 11.8 Å². The average molecular weight is 250 g/mol. The zero-order chi connectivity index (χ0) is 12.8. The van der Waals surface area contributed by atoms with E-state index in [1.54, 1.807) is 0 Å². The zero-order valence-corrected chi connectivity index (χ0v) is 12.5. The van der Waals surface area contributed by atoms with Gasteiger partial charge in [0.2, 0.25) is 0 Å². The van der Waals surface area contributed by atoms with E-state index in [-0.39, 0.29) is 5.60 Å². The standard InChI is InChI=1S/C15H22OS/c1-9-10(2)14(17-6)11(3)12-7-8-15(4,5)16-13(9)12/h7-8H2,1-6H3. The lowest BCUT2D eigenvalue weighted by Crippen LogP contribution is -2.33. The molecule has 0 aliphatic carbocycles. The van der Waals surface area contributed by atoms with E-state index in [1.165, 1.54) is 27.1 Å². The van der Waals surface area contributed by atoms with Crippen molar-refractivity contribution < 1.29 is 4.74 Å². The van der Waals surface area contributed by atoms with E-state index in [4.69, 9.17) is 4.74 Å². The average Bonchev–Trinajstić information content (AvgIpc) is 2.26. The summed E-state index contributed by atoms with van der Waals surface area (Å²) >= 11 is 1.85. The van der Waals surface area contributed by atoms with E-state index in [2.05, 4.69) is 40.9 Å². The van der Waals surface area contributed by atoms with E-state index >= 15 is 0 Å². The molecule has 0 saturated heterocycles. The fourth-order valence-electron chi connectivity index (χ4n) is 2.65. The molecule has 0 radical (unpaired) electrons. The van der Waals surface area contributed by atoms with Crippen molar-refractivity contribution in [3.8, 4) is 5.75 Å². The van der Waals surface area contributed by atoms with E-state index in [9.17, 15) is 0 Å². The van der Waals surface area contributed by atoms with Crippen LogP contribution in [0.4, 0.5) is 0 Å². The fraction of sp³-hybridized carbons (Fsp3) is 0.600. The highest BCUT2D eigenvalue weighted by Gasteiger charge is 2.30. The van der Waals surface area contributed by atoms with Crippen molar-refractivity contribution in [2.75, 3.05) is 6.26 Å². The Kier molecular flexibility index (Phi) is 3.19. The first kappa shape index (κ1) is 12.8. The third-order valence-electron chi connectivity index (χ3n) is 3.87. The van der Waals surface area contributed by atoms with Gasteiger partial charge >= 0.3 is 0 Å². The lowest BCUT2D eigenvalue weighted by molar-refractivity contribution is 0.0832. The lowest BCUT2D eigenvalue weighted by atomic mass is 9.88. The van der Waals surface area contributed by atoms with Gasteiger partial charge in [0.25, 0.3) is 0 Å². The summed E-state index contributed by atoms with van der Waals surface area (Å²) < 4.78 is 6.20. The molecule has 1 aliphatic heterocycles. The van der Waals surface area contributed by atoms with Crippen molar-refractivity contribution in [2.24, 2.45) is 0 Å². The molecule has 1 aromatic carbocycles. The van der Waals surface area contributed by atoms with Gasteiger partial charge in [0.1, 0.15) is 11.4 Å². The molecule has 2 rings (SSSR count). The molecule has 2 heteroatoms. The van der Waals surface area contributed by atoms with Crippen LogP contribution in [-0.2, 0) is 6.42 Å². The quantitative estimate of drug-likeness (QED) is 0.682. The van der Waals surface area contributed by atoms with Crippen LogP contribution in [0.3, 0.4) is 0 Å².